The number of aliphatic hydroxyl groups excluding tert-OH is 4. The monoisotopic (exact) mass is 287 g/mol. The van der Waals surface area contributed by atoms with Gasteiger partial charge in [-0.25, -0.2) is 4.79 Å². The van der Waals surface area contributed by atoms with Crippen LogP contribution in [0.1, 0.15) is 10.5 Å². The van der Waals surface area contributed by atoms with Crippen molar-refractivity contribution in [2.24, 2.45) is 7.05 Å². The molecule has 2 rings (SSSR count). The lowest BCUT2D eigenvalue weighted by molar-refractivity contribution is -0.285. The average molecular weight is 287 g/mol. The molecular weight excluding hydrogens is 270 g/mol. The van der Waals surface area contributed by atoms with Gasteiger partial charge < -0.3 is 34.5 Å². The second-order valence-electron chi connectivity index (χ2n) is 4.61. The zero-order valence-corrected chi connectivity index (χ0v) is 10.8. The molecule has 4 N–H and O–H groups in total. The van der Waals surface area contributed by atoms with Gasteiger partial charge in [0.25, 0.3) is 0 Å². The SMILES string of the molecule is Cn1cccc1C(=O)O[C@@H]1O[C@H](CO)[C@@H](O)[C@H](O)[C@H]1O. The fraction of sp³-hybridized carbons (Fsp3) is 0.583. The molecule has 1 aromatic rings. The van der Waals surface area contributed by atoms with Crippen LogP contribution < -0.4 is 0 Å². The molecule has 0 aromatic carbocycles. The van der Waals surface area contributed by atoms with Gasteiger partial charge in [-0.2, -0.15) is 0 Å². The molecule has 0 spiro atoms. The maximum atomic E-state index is 11.9. The highest BCUT2D eigenvalue weighted by atomic mass is 16.7. The first-order valence-corrected chi connectivity index (χ1v) is 6.08. The summed E-state index contributed by atoms with van der Waals surface area (Å²) in [5.74, 6) is -0.748. The molecule has 112 valence electrons. The molecule has 8 nitrogen and oxygen atoms in total. The molecule has 0 radical (unpaired) electrons. The first kappa shape index (κ1) is 14.9. The molecular formula is C12H17NO7. The van der Waals surface area contributed by atoms with Crippen LogP contribution in [-0.2, 0) is 16.5 Å². The van der Waals surface area contributed by atoms with Gasteiger partial charge >= 0.3 is 5.97 Å². The maximum absolute atomic E-state index is 11.9. The molecule has 0 unspecified atom stereocenters. The average Bonchev–Trinajstić information content (AvgIpc) is 2.85. The van der Waals surface area contributed by atoms with Gasteiger partial charge in [0.2, 0.25) is 6.29 Å². The van der Waals surface area contributed by atoms with Gasteiger partial charge in [-0.3, -0.25) is 0 Å². The van der Waals surface area contributed by atoms with Gasteiger partial charge in [0.15, 0.2) is 0 Å². The highest BCUT2D eigenvalue weighted by molar-refractivity contribution is 5.87. The third-order valence-corrected chi connectivity index (χ3v) is 3.22. The Morgan fingerprint density at radius 3 is 2.60 bits per heavy atom. The van der Waals surface area contributed by atoms with Crippen LogP contribution in [0.4, 0.5) is 0 Å². The second-order valence-corrected chi connectivity index (χ2v) is 4.61. The summed E-state index contributed by atoms with van der Waals surface area (Å²) < 4.78 is 11.6. The van der Waals surface area contributed by atoms with E-state index < -0.39 is 43.3 Å². The summed E-state index contributed by atoms with van der Waals surface area (Å²) >= 11 is 0. The van der Waals surface area contributed by atoms with Crippen LogP contribution >= 0.6 is 0 Å². The quantitative estimate of drug-likeness (QED) is 0.473. The summed E-state index contributed by atoms with van der Waals surface area (Å²) in [4.78, 5) is 11.9. The van der Waals surface area contributed by atoms with E-state index in [1.165, 1.54) is 10.6 Å². The van der Waals surface area contributed by atoms with E-state index in [4.69, 9.17) is 14.6 Å². The lowest BCUT2D eigenvalue weighted by Crippen LogP contribution is -2.59. The Labute approximate surface area is 114 Å². The number of hydrogen-bond acceptors (Lipinski definition) is 7. The van der Waals surface area contributed by atoms with E-state index in [9.17, 15) is 20.1 Å². The van der Waals surface area contributed by atoms with E-state index in [1.54, 1.807) is 19.3 Å². The summed E-state index contributed by atoms with van der Waals surface area (Å²) in [6, 6.07) is 3.16. The number of aliphatic hydroxyl groups is 4. The van der Waals surface area contributed by atoms with Crippen LogP contribution in [0.2, 0.25) is 0 Å². The van der Waals surface area contributed by atoms with Crippen molar-refractivity contribution in [1.29, 1.82) is 0 Å². The van der Waals surface area contributed by atoms with Crippen LogP contribution in [0.3, 0.4) is 0 Å². The van der Waals surface area contributed by atoms with Gasteiger partial charge in [-0.1, -0.05) is 0 Å². The van der Waals surface area contributed by atoms with Crippen molar-refractivity contribution < 1.29 is 34.7 Å². The van der Waals surface area contributed by atoms with Gasteiger partial charge in [0.1, 0.15) is 30.1 Å². The molecule has 0 aliphatic carbocycles. The Kier molecular flexibility index (Phi) is 4.41. The number of rotatable bonds is 3. The zero-order chi connectivity index (χ0) is 14.9. The maximum Gasteiger partial charge on any atom is 0.357 e. The first-order chi connectivity index (χ1) is 9.45. The fourth-order valence-corrected chi connectivity index (χ4v) is 2.00. The van der Waals surface area contributed by atoms with Crippen molar-refractivity contribution >= 4 is 5.97 Å². The predicted octanol–water partition coefficient (Wildman–Crippen LogP) is -2.02. The highest BCUT2D eigenvalue weighted by Gasteiger charge is 2.45. The zero-order valence-electron chi connectivity index (χ0n) is 10.8. The standard InChI is InChI=1S/C12H17NO7/c1-13-4-2-3-6(13)11(18)20-12-10(17)9(16)8(15)7(5-14)19-12/h2-4,7-10,12,14-17H,5H2,1H3/t7-,8-,9+,10-,12+/m1/s1. The van der Waals surface area contributed by atoms with Gasteiger partial charge in [0.05, 0.1) is 6.61 Å². The molecule has 1 aliphatic heterocycles. The molecule has 5 atom stereocenters. The van der Waals surface area contributed by atoms with E-state index in [0.29, 0.717) is 0 Å². The molecule has 20 heavy (non-hydrogen) atoms. The summed E-state index contributed by atoms with van der Waals surface area (Å²) in [7, 11) is 1.64. The minimum absolute atomic E-state index is 0.238. The number of esters is 1. The molecule has 1 aliphatic rings. The van der Waals surface area contributed by atoms with Crippen molar-refractivity contribution in [2.75, 3.05) is 6.61 Å². The van der Waals surface area contributed by atoms with Crippen LogP contribution in [0.5, 0.6) is 0 Å². The number of carbonyl (C=O) groups is 1. The molecule has 8 heteroatoms. The molecule has 0 bridgehead atoms. The molecule has 0 saturated carbocycles. The van der Waals surface area contributed by atoms with Crippen molar-refractivity contribution in [1.82, 2.24) is 4.57 Å². The molecule has 1 aromatic heterocycles. The van der Waals surface area contributed by atoms with E-state index in [0.717, 1.165) is 0 Å². The number of hydrogen-bond donors (Lipinski definition) is 4. The molecule has 2 heterocycles. The fourth-order valence-electron chi connectivity index (χ4n) is 2.00. The lowest BCUT2D eigenvalue weighted by Gasteiger charge is -2.39. The van der Waals surface area contributed by atoms with Crippen LogP contribution in [0, 0.1) is 0 Å². The topological polar surface area (TPSA) is 121 Å². The summed E-state index contributed by atoms with van der Waals surface area (Å²) in [6.07, 6.45) is -5.60. The highest BCUT2D eigenvalue weighted by Crippen LogP contribution is 2.22. The van der Waals surface area contributed by atoms with E-state index in [2.05, 4.69) is 0 Å². The summed E-state index contributed by atoms with van der Waals surface area (Å²) in [5, 5.41) is 37.9. The van der Waals surface area contributed by atoms with Crippen LogP contribution in [-0.4, -0.2) is 68.3 Å². The Bertz CT molecular complexity index is 472. The summed E-state index contributed by atoms with van der Waals surface area (Å²) in [6.45, 7) is -0.580. The van der Waals surface area contributed by atoms with Crippen LogP contribution in [0.25, 0.3) is 0 Å². The number of aromatic nitrogens is 1. The van der Waals surface area contributed by atoms with Crippen molar-refractivity contribution in [3.8, 4) is 0 Å². The lowest BCUT2D eigenvalue weighted by atomic mass is 9.99. The molecule has 1 saturated heterocycles. The van der Waals surface area contributed by atoms with E-state index >= 15 is 0 Å². The second kappa shape index (κ2) is 5.90. The van der Waals surface area contributed by atoms with Crippen molar-refractivity contribution in [3.05, 3.63) is 24.0 Å². The smallest absolute Gasteiger partial charge is 0.357 e. The Morgan fingerprint density at radius 2 is 2.05 bits per heavy atom. The van der Waals surface area contributed by atoms with E-state index in [-0.39, 0.29) is 5.69 Å². The Hall–Kier alpha value is -1.45. The number of aryl methyl sites for hydroxylation is 1. The predicted molar refractivity (Wildman–Crippen MR) is 64.6 cm³/mol. The van der Waals surface area contributed by atoms with Crippen molar-refractivity contribution in [3.63, 3.8) is 0 Å². The third-order valence-electron chi connectivity index (χ3n) is 3.22. The minimum Gasteiger partial charge on any atom is -0.428 e. The normalized spacial score (nSPS) is 34.0. The third kappa shape index (κ3) is 2.69. The number of ether oxygens (including phenoxy) is 2. The largest absolute Gasteiger partial charge is 0.428 e. The van der Waals surface area contributed by atoms with Crippen molar-refractivity contribution in [2.45, 2.75) is 30.7 Å². The van der Waals surface area contributed by atoms with Gasteiger partial charge in [0, 0.05) is 13.2 Å². The Morgan fingerprint density at radius 1 is 1.35 bits per heavy atom. The Balaban J connectivity index is 2.08. The number of carbonyl (C=O) groups excluding carboxylic acids is 1. The molecule has 0 amide bonds. The number of nitrogens with zero attached hydrogens (tertiary/aromatic N) is 1. The van der Waals surface area contributed by atoms with Gasteiger partial charge in [-0.15, -0.1) is 0 Å². The van der Waals surface area contributed by atoms with Gasteiger partial charge in [-0.05, 0) is 12.1 Å². The van der Waals surface area contributed by atoms with Crippen LogP contribution in [0.15, 0.2) is 18.3 Å². The first-order valence-electron chi connectivity index (χ1n) is 6.08. The van der Waals surface area contributed by atoms with E-state index in [1.807, 2.05) is 0 Å². The molecule has 1 fully saturated rings. The minimum atomic E-state index is -1.60. The summed E-state index contributed by atoms with van der Waals surface area (Å²) in [5.41, 5.74) is 0.238.